The van der Waals surface area contributed by atoms with Crippen LogP contribution in [0.15, 0.2) is 40.4 Å². The van der Waals surface area contributed by atoms with Crippen molar-refractivity contribution in [3.63, 3.8) is 0 Å². The molecular weight excluding hydrogens is 358 g/mol. The lowest BCUT2D eigenvalue weighted by Crippen LogP contribution is -2.33. The van der Waals surface area contributed by atoms with Crippen molar-refractivity contribution in [3.05, 3.63) is 46.4 Å². The van der Waals surface area contributed by atoms with E-state index in [2.05, 4.69) is 10.3 Å². The average Bonchev–Trinajstić information content (AvgIpc) is 2.64. The van der Waals surface area contributed by atoms with Gasteiger partial charge in [-0.3, -0.25) is 14.2 Å². The third kappa shape index (κ3) is 4.63. The largest absolute Gasteiger partial charge is 0.497 e. The van der Waals surface area contributed by atoms with Crippen LogP contribution < -0.4 is 15.6 Å². The summed E-state index contributed by atoms with van der Waals surface area (Å²) in [5.74, 6) is -0.521. The second-order valence-corrected chi connectivity index (χ2v) is 5.82. The van der Waals surface area contributed by atoms with Crippen LogP contribution in [0.25, 0.3) is 0 Å². The lowest BCUT2D eigenvalue weighted by Gasteiger charge is -2.12. The van der Waals surface area contributed by atoms with Gasteiger partial charge in [0.25, 0.3) is 5.56 Å². The zero-order chi connectivity index (χ0) is 19.1. The van der Waals surface area contributed by atoms with E-state index >= 15 is 0 Å². The van der Waals surface area contributed by atoms with E-state index in [9.17, 15) is 14.4 Å². The summed E-state index contributed by atoms with van der Waals surface area (Å²) in [6.07, 6.45) is 2.90. The van der Waals surface area contributed by atoms with E-state index < -0.39 is 17.4 Å². The Morgan fingerprint density at radius 1 is 1.27 bits per heavy atom. The van der Waals surface area contributed by atoms with Crippen molar-refractivity contribution in [2.24, 2.45) is 0 Å². The number of rotatable bonds is 7. The molecular formula is C17H19N3O5S. The minimum atomic E-state index is -0.762. The van der Waals surface area contributed by atoms with Gasteiger partial charge in [0.15, 0.2) is 5.16 Å². The maximum absolute atomic E-state index is 12.5. The highest BCUT2D eigenvalue weighted by Gasteiger charge is 2.18. The van der Waals surface area contributed by atoms with Crippen molar-refractivity contribution >= 4 is 29.3 Å². The van der Waals surface area contributed by atoms with Gasteiger partial charge in [0.05, 0.1) is 19.9 Å². The van der Waals surface area contributed by atoms with Crippen LogP contribution in [0.5, 0.6) is 5.75 Å². The summed E-state index contributed by atoms with van der Waals surface area (Å²) in [7, 11) is 1.55. The maximum atomic E-state index is 12.5. The maximum Gasteiger partial charge on any atom is 0.345 e. The fourth-order valence-corrected chi connectivity index (χ4v) is 2.67. The number of amides is 1. The standard InChI is InChI=1S/C17H19N3O5S/c1-4-25-16(23)13-9-18-17(26-3)20(15(13)22)10-14(21)19-11-5-7-12(24-2)8-6-11/h5-9H,4,10H2,1-3H3,(H,19,21). The van der Waals surface area contributed by atoms with Crippen LogP contribution in [0.3, 0.4) is 0 Å². The molecule has 1 aromatic heterocycles. The Labute approximate surface area is 154 Å². The summed E-state index contributed by atoms with van der Waals surface area (Å²) < 4.78 is 11.1. The molecule has 0 fully saturated rings. The first-order chi connectivity index (χ1) is 12.5. The monoisotopic (exact) mass is 377 g/mol. The first-order valence-electron chi connectivity index (χ1n) is 7.75. The number of hydrogen-bond acceptors (Lipinski definition) is 7. The van der Waals surface area contributed by atoms with Gasteiger partial charge in [0.2, 0.25) is 5.91 Å². The molecule has 0 spiro atoms. The number of carbonyl (C=O) groups is 2. The summed E-state index contributed by atoms with van der Waals surface area (Å²) in [5, 5.41) is 3.01. The molecule has 26 heavy (non-hydrogen) atoms. The third-order valence-corrected chi connectivity index (χ3v) is 4.05. The van der Waals surface area contributed by atoms with E-state index in [0.29, 0.717) is 16.6 Å². The summed E-state index contributed by atoms with van der Waals surface area (Å²) >= 11 is 1.20. The smallest absolute Gasteiger partial charge is 0.345 e. The number of benzene rings is 1. The van der Waals surface area contributed by atoms with Gasteiger partial charge in [0.1, 0.15) is 17.9 Å². The van der Waals surface area contributed by atoms with Gasteiger partial charge >= 0.3 is 5.97 Å². The number of methoxy groups -OCH3 is 1. The van der Waals surface area contributed by atoms with Crippen LogP contribution in [0, 0.1) is 0 Å². The van der Waals surface area contributed by atoms with E-state index in [4.69, 9.17) is 9.47 Å². The Kier molecular flexibility index (Phi) is 6.79. The zero-order valence-electron chi connectivity index (χ0n) is 14.6. The van der Waals surface area contributed by atoms with Gasteiger partial charge < -0.3 is 14.8 Å². The summed E-state index contributed by atoms with van der Waals surface area (Å²) in [4.78, 5) is 40.8. The van der Waals surface area contributed by atoms with Crippen molar-refractivity contribution in [3.8, 4) is 5.75 Å². The van der Waals surface area contributed by atoms with Gasteiger partial charge in [-0.05, 0) is 37.4 Å². The predicted octanol–water partition coefficient (Wildman–Crippen LogP) is 1.79. The number of thioether (sulfide) groups is 1. The molecule has 138 valence electrons. The van der Waals surface area contributed by atoms with Crippen LogP contribution in [-0.2, 0) is 16.1 Å². The number of nitrogens with one attached hydrogen (secondary N) is 1. The second kappa shape index (κ2) is 9.04. The van der Waals surface area contributed by atoms with Gasteiger partial charge in [-0.2, -0.15) is 0 Å². The molecule has 0 atom stereocenters. The van der Waals surface area contributed by atoms with E-state index in [1.165, 1.54) is 18.0 Å². The molecule has 1 aromatic carbocycles. The number of carbonyl (C=O) groups excluding carboxylic acids is 2. The topological polar surface area (TPSA) is 99.5 Å². The molecule has 0 aliphatic heterocycles. The highest BCUT2D eigenvalue weighted by molar-refractivity contribution is 7.98. The quantitative estimate of drug-likeness (QED) is 0.446. The second-order valence-electron chi connectivity index (χ2n) is 5.05. The molecule has 8 nitrogen and oxygen atoms in total. The molecule has 2 rings (SSSR count). The molecule has 0 aliphatic rings. The number of ether oxygens (including phenoxy) is 2. The molecule has 0 radical (unpaired) electrons. The van der Waals surface area contributed by atoms with Crippen LogP contribution in [-0.4, -0.2) is 41.4 Å². The lowest BCUT2D eigenvalue weighted by molar-refractivity contribution is -0.116. The number of aromatic nitrogens is 2. The van der Waals surface area contributed by atoms with E-state index in [0.717, 1.165) is 4.57 Å². The number of hydrogen-bond donors (Lipinski definition) is 1. The molecule has 0 saturated carbocycles. The van der Waals surface area contributed by atoms with Crippen molar-refractivity contribution in [1.29, 1.82) is 0 Å². The number of nitrogens with zero attached hydrogens (tertiary/aromatic N) is 2. The minimum absolute atomic E-state index is 0.139. The van der Waals surface area contributed by atoms with E-state index in [1.54, 1.807) is 44.6 Å². The van der Waals surface area contributed by atoms with E-state index in [1.807, 2.05) is 0 Å². The molecule has 2 aromatic rings. The Balaban J connectivity index is 2.23. The van der Waals surface area contributed by atoms with Gasteiger partial charge in [0, 0.05) is 5.69 Å². The summed E-state index contributed by atoms with van der Waals surface area (Å²) in [5.41, 5.74) is -0.265. The van der Waals surface area contributed by atoms with Gasteiger partial charge in [-0.1, -0.05) is 11.8 Å². The molecule has 9 heteroatoms. The van der Waals surface area contributed by atoms with Crippen molar-refractivity contribution < 1.29 is 19.1 Å². The van der Waals surface area contributed by atoms with Crippen LogP contribution in [0.4, 0.5) is 5.69 Å². The molecule has 1 heterocycles. The number of anilines is 1. The predicted molar refractivity (Wildman–Crippen MR) is 97.9 cm³/mol. The van der Waals surface area contributed by atoms with E-state index in [-0.39, 0.29) is 18.7 Å². The molecule has 0 unspecified atom stereocenters. The Hall–Kier alpha value is -2.81. The number of esters is 1. The highest BCUT2D eigenvalue weighted by Crippen LogP contribution is 2.15. The van der Waals surface area contributed by atoms with Crippen LogP contribution in [0.1, 0.15) is 17.3 Å². The Morgan fingerprint density at radius 2 is 1.96 bits per heavy atom. The van der Waals surface area contributed by atoms with Crippen molar-refractivity contribution in [2.45, 2.75) is 18.6 Å². The lowest BCUT2D eigenvalue weighted by atomic mass is 10.3. The van der Waals surface area contributed by atoms with Crippen molar-refractivity contribution in [1.82, 2.24) is 9.55 Å². The SMILES string of the molecule is CCOC(=O)c1cnc(SC)n(CC(=O)Nc2ccc(OC)cc2)c1=O. The van der Waals surface area contributed by atoms with Crippen molar-refractivity contribution in [2.75, 3.05) is 25.3 Å². The summed E-state index contributed by atoms with van der Waals surface area (Å²) in [6, 6.07) is 6.78. The first kappa shape index (κ1) is 19.5. The molecule has 0 saturated heterocycles. The molecule has 1 amide bonds. The highest BCUT2D eigenvalue weighted by atomic mass is 32.2. The van der Waals surface area contributed by atoms with Crippen LogP contribution >= 0.6 is 11.8 Å². The first-order valence-corrected chi connectivity index (χ1v) is 8.97. The van der Waals surface area contributed by atoms with Gasteiger partial charge in [-0.25, -0.2) is 9.78 Å². The Morgan fingerprint density at radius 3 is 2.54 bits per heavy atom. The third-order valence-electron chi connectivity index (χ3n) is 3.36. The zero-order valence-corrected chi connectivity index (χ0v) is 15.5. The molecule has 0 aliphatic carbocycles. The van der Waals surface area contributed by atoms with Gasteiger partial charge in [-0.15, -0.1) is 0 Å². The Bertz CT molecular complexity index is 848. The van der Waals surface area contributed by atoms with Crippen LogP contribution in [0.2, 0.25) is 0 Å². The summed E-state index contributed by atoms with van der Waals surface area (Å²) in [6.45, 7) is 1.50. The fraction of sp³-hybridized carbons (Fsp3) is 0.294. The normalized spacial score (nSPS) is 10.3. The molecule has 0 bridgehead atoms. The average molecular weight is 377 g/mol. The fourth-order valence-electron chi connectivity index (χ4n) is 2.15. The molecule has 1 N–H and O–H groups in total. The minimum Gasteiger partial charge on any atom is -0.497 e.